The zero-order valence-corrected chi connectivity index (χ0v) is 12.1. The van der Waals surface area contributed by atoms with Crippen LogP contribution in [-0.4, -0.2) is 26.3 Å². The fourth-order valence-electron chi connectivity index (χ4n) is 2.58. The van der Waals surface area contributed by atoms with Gasteiger partial charge in [-0.05, 0) is 43.4 Å². The predicted octanol–water partition coefficient (Wildman–Crippen LogP) is 1.31. The maximum atomic E-state index is 11.3. The van der Waals surface area contributed by atoms with Crippen LogP contribution in [0, 0.1) is 0 Å². The molecule has 1 aromatic rings. The summed E-state index contributed by atoms with van der Waals surface area (Å²) in [5.41, 5.74) is 1.15. The third kappa shape index (κ3) is 3.31. The Bertz CT molecular complexity index is 576. The molecule has 1 aliphatic heterocycles. The summed E-state index contributed by atoms with van der Waals surface area (Å²) in [6.07, 6.45) is 4.04. The van der Waals surface area contributed by atoms with Crippen LogP contribution in [0.25, 0.3) is 0 Å². The van der Waals surface area contributed by atoms with Gasteiger partial charge in [0.1, 0.15) is 5.75 Å². The van der Waals surface area contributed by atoms with E-state index < -0.39 is 15.3 Å². The molecule has 2 atom stereocenters. The minimum Gasteiger partial charge on any atom is -0.490 e. The summed E-state index contributed by atoms with van der Waals surface area (Å²) < 4.78 is 28.4. The van der Waals surface area contributed by atoms with Gasteiger partial charge in [-0.25, -0.2) is 13.6 Å². The molecular formula is C14H20N2O3S. The molecule has 0 amide bonds. The van der Waals surface area contributed by atoms with Crippen molar-refractivity contribution < 1.29 is 13.2 Å². The summed E-state index contributed by atoms with van der Waals surface area (Å²) in [5.74, 6) is 0.903. The number of sulfonamides is 1. The number of primary sulfonamides is 1. The zero-order chi connectivity index (χ0) is 14.2. The smallest absolute Gasteiger partial charge is 0.213 e. The summed E-state index contributed by atoms with van der Waals surface area (Å²) in [7, 11) is -3.43. The fourth-order valence-corrected chi connectivity index (χ4v) is 3.37. The van der Waals surface area contributed by atoms with E-state index in [2.05, 4.69) is 11.4 Å². The van der Waals surface area contributed by atoms with Gasteiger partial charge < -0.3 is 10.1 Å². The first-order valence-electron chi connectivity index (χ1n) is 7.04. The van der Waals surface area contributed by atoms with Gasteiger partial charge in [-0.15, -0.1) is 0 Å². The van der Waals surface area contributed by atoms with Crippen molar-refractivity contribution in [3.05, 3.63) is 29.8 Å². The van der Waals surface area contributed by atoms with Crippen LogP contribution < -0.4 is 15.2 Å². The molecule has 2 fully saturated rings. The van der Waals surface area contributed by atoms with Crippen molar-refractivity contribution in [1.29, 1.82) is 0 Å². The van der Waals surface area contributed by atoms with E-state index in [0.717, 1.165) is 30.6 Å². The number of hydrogen-bond acceptors (Lipinski definition) is 4. The molecule has 0 radical (unpaired) electrons. The Morgan fingerprint density at radius 3 is 2.60 bits per heavy atom. The Kier molecular flexibility index (Phi) is 3.70. The molecule has 1 saturated carbocycles. The highest BCUT2D eigenvalue weighted by molar-refractivity contribution is 7.89. The van der Waals surface area contributed by atoms with Gasteiger partial charge in [0.15, 0.2) is 0 Å². The van der Waals surface area contributed by atoms with Gasteiger partial charge in [-0.2, -0.15) is 0 Å². The molecule has 1 aliphatic carbocycles. The predicted molar refractivity (Wildman–Crippen MR) is 77.0 cm³/mol. The Labute approximate surface area is 119 Å². The zero-order valence-electron chi connectivity index (χ0n) is 11.3. The van der Waals surface area contributed by atoms with Crippen molar-refractivity contribution in [2.75, 3.05) is 6.54 Å². The number of piperidine rings is 1. The Hall–Kier alpha value is -1.11. The normalized spacial score (nSPS) is 27.2. The second-order valence-corrected chi connectivity index (χ2v) is 7.48. The molecule has 3 rings (SSSR count). The molecule has 6 heteroatoms. The van der Waals surface area contributed by atoms with Crippen molar-refractivity contribution in [2.24, 2.45) is 5.14 Å². The SMILES string of the molecule is NS(=O)(=O)C1CCC(c2cccc(OC3CC3)c2)NC1. The van der Waals surface area contributed by atoms with Crippen LogP contribution in [0.4, 0.5) is 0 Å². The molecule has 0 spiro atoms. The number of nitrogens with two attached hydrogens (primary N) is 1. The second kappa shape index (κ2) is 5.35. The van der Waals surface area contributed by atoms with Gasteiger partial charge in [0.25, 0.3) is 0 Å². The van der Waals surface area contributed by atoms with Gasteiger partial charge in [-0.1, -0.05) is 12.1 Å². The van der Waals surface area contributed by atoms with E-state index in [1.807, 2.05) is 18.2 Å². The molecule has 2 aliphatic rings. The van der Waals surface area contributed by atoms with E-state index in [1.54, 1.807) is 0 Å². The number of benzene rings is 1. The summed E-state index contributed by atoms with van der Waals surface area (Å²) in [6.45, 7) is 0.414. The topological polar surface area (TPSA) is 81.4 Å². The van der Waals surface area contributed by atoms with Crippen molar-refractivity contribution in [3.63, 3.8) is 0 Å². The highest BCUT2D eigenvalue weighted by atomic mass is 32.2. The van der Waals surface area contributed by atoms with Crippen LogP contribution in [0.2, 0.25) is 0 Å². The minimum absolute atomic E-state index is 0.177. The largest absolute Gasteiger partial charge is 0.490 e. The lowest BCUT2D eigenvalue weighted by molar-refractivity contribution is 0.302. The van der Waals surface area contributed by atoms with Crippen molar-refractivity contribution >= 4 is 10.0 Å². The first kappa shape index (κ1) is 13.9. The minimum atomic E-state index is -3.43. The lowest BCUT2D eigenvalue weighted by Crippen LogP contribution is -2.43. The first-order valence-corrected chi connectivity index (χ1v) is 8.65. The van der Waals surface area contributed by atoms with Gasteiger partial charge in [-0.3, -0.25) is 0 Å². The van der Waals surface area contributed by atoms with E-state index >= 15 is 0 Å². The molecule has 1 aromatic carbocycles. The summed E-state index contributed by atoms with van der Waals surface area (Å²) >= 11 is 0. The highest BCUT2D eigenvalue weighted by Gasteiger charge is 2.29. The van der Waals surface area contributed by atoms with E-state index in [-0.39, 0.29) is 6.04 Å². The average Bonchev–Trinajstić information content (AvgIpc) is 3.22. The van der Waals surface area contributed by atoms with Crippen LogP contribution in [0.15, 0.2) is 24.3 Å². The average molecular weight is 296 g/mol. The number of nitrogens with one attached hydrogen (secondary N) is 1. The summed E-state index contributed by atoms with van der Waals surface area (Å²) in [5, 5.41) is 8.00. The quantitative estimate of drug-likeness (QED) is 0.877. The van der Waals surface area contributed by atoms with Crippen molar-refractivity contribution in [3.8, 4) is 5.75 Å². The maximum Gasteiger partial charge on any atom is 0.213 e. The van der Waals surface area contributed by atoms with Crippen LogP contribution in [0.5, 0.6) is 5.75 Å². The van der Waals surface area contributed by atoms with Crippen LogP contribution in [0.1, 0.15) is 37.3 Å². The van der Waals surface area contributed by atoms with Crippen molar-refractivity contribution in [2.45, 2.75) is 43.1 Å². The lowest BCUT2D eigenvalue weighted by atomic mass is 9.97. The van der Waals surface area contributed by atoms with Crippen LogP contribution >= 0.6 is 0 Å². The molecule has 110 valence electrons. The molecular weight excluding hydrogens is 276 g/mol. The molecule has 0 aromatic heterocycles. The summed E-state index contributed by atoms with van der Waals surface area (Å²) in [4.78, 5) is 0. The van der Waals surface area contributed by atoms with Crippen LogP contribution in [0.3, 0.4) is 0 Å². The Morgan fingerprint density at radius 1 is 1.20 bits per heavy atom. The van der Waals surface area contributed by atoms with Gasteiger partial charge in [0, 0.05) is 12.6 Å². The second-order valence-electron chi connectivity index (χ2n) is 5.64. The lowest BCUT2D eigenvalue weighted by Gasteiger charge is -2.29. The molecule has 1 heterocycles. The monoisotopic (exact) mass is 296 g/mol. The first-order chi connectivity index (χ1) is 9.52. The highest BCUT2D eigenvalue weighted by Crippen LogP contribution is 2.30. The van der Waals surface area contributed by atoms with E-state index in [9.17, 15) is 8.42 Å². The standard InChI is InChI=1S/C14H20N2O3S/c15-20(17,18)13-6-7-14(16-9-13)10-2-1-3-12(8-10)19-11-4-5-11/h1-3,8,11,13-14,16H,4-7,9H2,(H2,15,17,18). The van der Waals surface area contributed by atoms with Crippen LogP contribution in [-0.2, 0) is 10.0 Å². The molecule has 0 bridgehead atoms. The van der Waals surface area contributed by atoms with Gasteiger partial charge >= 0.3 is 0 Å². The third-order valence-corrected chi connectivity index (χ3v) is 5.25. The van der Waals surface area contributed by atoms with Crippen molar-refractivity contribution in [1.82, 2.24) is 5.32 Å². The number of ether oxygens (including phenoxy) is 1. The molecule has 20 heavy (non-hydrogen) atoms. The molecule has 1 saturated heterocycles. The molecule has 2 unspecified atom stereocenters. The number of rotatable bonds is 4. The van der Waals surface area contributed by atoms with E-state index in [4.69, 9.17) is 9.88 Å². The fraction of sp³-hybridized carbons (Fsp3) is 0.571. The Balaban J connectivity index is 1.65. The number of hydrogen-bond donors (Lipinski definition) is 2. The summed E-state index contributed by atoms with van der Waals surface area (Å²) in [6, 6.07) is 8.23. The van der Waals surface area contributed by atoms with E-state index in [0.29, 0.717) is 19.1 Å². The maximum absolute atomic E-state index is 11.3. The molecule has 3 N–H and O–H groups in total. The van der Waals surface area contributed by atoms with E-state index in [1.165, 1.54) is 0 Å². The Morgan fingerprint density at radius 2 is 2.00 bits per heavy atom. The third-order valence-electron chi connectivity index (χ3n) is 3.92. The van der Waals surface area contributed by atoms with Gasteiger partial charge in [0.2, 0.25) is 10.0 Å². The molecule has 5 nitrogen and oxygen atoms in total. The van der Waals surface area contributed by atoms with Gasteiger partial charge in [0.05, 0.1) is 11.4 Å².